The first kappa shape index (κ1) is 12.2. The summed E-state index contributed by atoms with van der Waals surface area (Å²) in [4.78, 5) is 0.498. The van der Waals surface area contributed by atoms with Crippen molar-refractivity contribution in [1.82, 2.24) is 4.57 Å². The number of aryl methyl sites for hydroxylation is 1. The van der Waals surface area contributed by atoms with Crippen LogP contribution in [-0.4, -0.2) is 19.2 Å². The van der Waals surface area contributed by atoms with Gasteiger partial charge in [0.05, 0.1) is 4.90 Å². The van der Waals surface area contributed by atoms with Gasteiger partial charge in [-0.3, -0.25) is 0 Å². The second-order valence-electron chi connectivity index (χ2n) is 4.37. The molecule has 0 aliphatic rings. The van der Waals surface area contributed by atoms with Crippen molar-refractivity contribution < 1.29 is 8.42 Å². The standard InChI is InChI=1S/C13H17NO2S/c1-4-7-12-13(17(3,15)16)10-8-5-6-9-11(10)14(12)2/h5-6,8-9H,4,7H2,1-3H3. The molecule has 17 heavy (non-hydrogen) atoms. The van der Waals surface area contributed by atoms with E-state index in [1.807, 2.05) is 35.9 Å². The number of hydrogen-bond donors (Lipinski definition) is 0. The molecule has 4 heteroatoms. The van der Waals surface area contributed by atoms with Gasteiger partial charge in [0.2, 0.25) is 0 Å². The van der Waals surface area contributed by atoms with Crippen LogP contribution in [0, 0.1) is 0 Å². The van der Waals surface area contributed by atoms with E-state index in [4.69, 9.17) is 0 Å². The molecule has 0 unspecified atom stereocenters. The summed E-state index contributed by atoms with van der Waals surface area (Å²) in [5.74, 6) is 0. The summed E-state index contributed by atoms with van der Waals surface area (Å²) in [5.41, 5.74) is 1.90. The van der Waals surface area contributed by atoms with Crippen molar-refractivity contribution in [3.05, 3.63) is 30.0 Å². The molecule has 0 aliphatic carbocycles. The fraction of sp³-hybridized carbons (Fsp3) is 0.385. The van der Waals surface area contributed by atoms with Gasteiger partial charge < -0.3 is 4.57 Å². The van der Waals surface area contributed by atoms with Crippen LogP contribution in [0.3, 0.4) is 0 Å². The van der Waals surface area contributed by atoms with Gasteiger partial charge in [-0.25, -0.2) is 8.42 Å². The Balaban J connectivity index is 2.91. The normalized spacial score (nSPS) is 12.2. The third-order valence-electron chi connectivity index (χ3n) is 3.03. The van der Waals surface area contributed by atoms with Gasteiger partial charge in [-0.1, -0.05) is 31.5 Å². The Hall–Kier alpha value is -1.29. The summed E-state index contributed by atoms with van der Waals surface area (Å²) in [6.07, 6.45) is 3.01. The number of sulfone groups is 1. The molecule has 3 nitrogen and oxygen atoms in total. The Morgan fingerprint density at radius 2 is 1.88 bits per heavy atom. The minimum absolute atomic E-state index is 0.498. The average Bonchev–Trinajstić information content (AvgIpc) is 2.53. The van der Waals surface area contributed by atoms with E-state index in [1.165, 1.54) is 6.26 Å². The topological polar surface area (TPSA) is 39.1 Å². The van der Waals surface area contributed by atoms with Crippen LogP contribution < -0.4 is 0 Å². The lowest BCUT2D eigenvalue weighted by Crippen LogP contribution is -2.04. The lowest BCUT2D eigenvalue weighted by Gasteiger charge is -2.04. The highest BCUT2D eigenvalue weighted by Crippen LogP contribution is 2.30. The maximum Gasteiger partial charge on any atom is 0.177 e. The van der Waals surface area contributed by atoms with Gasteiger partial charge in [0.1, 0.15) is 0 Å². The molecule has 0 N–H and O–H groups in total. The maximum atomic E-state index is 11.9. The lowest BCUT2D eigenvalue weighted by atomic mass is 10.2. The van der Waals surface area contributed by atoms with E-state index in [0.717, 1.165) is 29.4 Å². The third kappa shape index (κ3) is 1.97. The second-order valence-corrected chi connectivity index (χ2v) is 6.33. The van der Waals surface area contributed by atoms with Crippen LogP contribution in [0.5, 0.6) is 0 Å². The molecule has 0 saturated heterocycles. The zero-order valence-electron chi connectivity index (χ0n) is 10.4. The van der Waals surface area contributed by atoms with Crippen molar-refractivity contribution in [2.45, 2.75) is 24.7 Å². The van der Waals surface area contributed by atoms with Crippen molar-refractivity contribution in [2.24, 2.45) is 7.05 Å². The van der Waals surface area contributed by atoms with Gasteiger partial charge in [-0.05, 0) is 12.5 Å². The smallest absolute Gasteiger partial charge is 0.177 e. The molecule has 0 aliphatic heterocycles. The molecule has 0 spiro atoms. The molecular weight excluding hydrogens is 234 g/mol. The van der Waals surface area contributed by atoms with Crippen LogP contribution in [0.2, 0.25) is 0 Å². The molecule has 1 aromatic carbocycles. The van der Waals surface area contributed by atoms with Crippen LogP contribution in [-0.2, 0) is 23.3 Å². The van der Waals surface area contributed by atoms with Crippen LogP contribution >= 0.6 is 0 Å². The fourth-order valence-corrected chi connectivity index (χ4v) is 3.58. The Bertz CT molecular complexity index is 653. The number of hydrogen-bond acceptors (Lipinski definition) is 2. The van der Waals surface area contributed by atoms with Crippen molar-refractivity contribution in [1.29, 1.82) is 0 Å². The maximum absolute atomic E-state index is 11.9. The zero-order valence-corrected chi connectivity index (χ0v) is 11.2. The summed E-state index contributed by atoms with van der Waals surface area (Å²) in [5, 5.41) is 0.834. The zero-order chi connectivity index (χ0) is 12.6. The Labute approximate surface area is 102 Å². The van der Waals surface area contributed by atoms with Crippen molar-refractivity contribution >= 4 is 20.7 Å². The van der Waals surface area contributed by atoms with Crippen molar-refractivity contribution in [2.75, 3.05) is 6.26 Å². The van der Waals surface area contributed by atoms with Crippen LogP contribution in [0.1, 0.15) is 19.0 Å². The highest BCUT2D eigenvalue weighted by Gasteiger charge is 2.21. The molecule has 0 fully saturated rings. The first-order valence-electron chi connectivity index (χ1n) is 5.73. The molecule has 1 heterocycles. The number of aromatic nitrogens is 1. The summed E-state index contributed by atoms with van der Waals surface area (Å²) in [6.45, 7) is 2.06. The molecule has 0 radical (unpaired) electrons. The lowest BCUT2D eigenvalue weighted by molar-refractivity contribution is 0.600. The van der Waals surface area contributed by atoms with Gasteiger partial charge in [0, 0.05) is 29.9 Å². The number of nitrogens with zero attached hydrogens (tertiary/aromatic N) is 1. The number of benzene rings is 1. The fourth-order valence-electron chi connectivity index (χ4n) is 2.34. The quantitative estimate of drug-likeness (QED) is 0.841. The average molecular weight is 251 g/mol. The minimum atomic E-state index is -3.18. The molecular formula is C13H17NO2S. The molecule has 0 atom stereocenters. The third-order valence-corrected chi connectivity index (χ3v) is 4.23. The molecule has 2 rings (SSSR count). The first-order valence-corrected chi connectivity index (χ1v) is 7.62. The van der Waals surface area contributed by atoms with Crippen LogP contribution in [0.15, 0.2) is 29.2 Å². The van der Waals surface area contributed by atoms with E-state index in [2.05, 4.69) is 6.92 Å². The predicted molar refractivity (Wildman–Crippen MR) is 70.0 cm³/mol. The SMILES string of the molecule is CCCc1c(S(C)(=O)=O)c2ccccc2n1C. The highest BCUT2D eigenvalue weighted by atomic mass is 32.2. The van der Waals surface area contributed by atoms with Gasteiger partial charge in [0.15, 0.2) is 9.84 Å². The van der Waals surface area contributed by atoms with E-state index in [1.54, 1.807) is 0 Å². The second kappa shape index (κ2) is 4.18. The Morgan fingerprint density at radius 3 is 2.47 bits per heavy atom. The molecule has 2 aromatic rings. The van der Waals surface area contributed by atoms with Gasteiger partial charge >= 0.3 is 0 Å². The van der Waals surface area contributed by atoms with E-state index >= 15 is 0 Å². The van der Waals surface area contributed by atoms with Crippen molar-refractivity contribution in [3.8, 4) is 0 Å². The number of rotatable bonds is 3. The Morgan fingerprint density at radius 1 is 1.24 bits per heavy atom. The summed E-state index contributed by atoms with van der Waals surface area (Å²) >= 11 is 0. The summed E-state index contributed by atoms with van der Waals surface area (Å²) in [6, 6.07) is 7.66. The molecule has 1 aromatic heterocycles. The molecule has 0 amide bonds. The monoisotopic (exact) mass is 251 g/mol. The van der Waals surface area contributed by atoms with Crippen molar-refractivity contribution in [3.63, 3.8) is 0 Å². The van der Waals surface area contributed by atoms with Gasteiger partial charge in [0.25, 0.3) is 0 Å². The van der Waals surface area contributed by atoms with E-state index in [0.29, 0.717) is 4.90 Å². The molecule has 92 valence electrons. The van der Waals surface area contributed by atoms with Gasteiger partial charge in [-0.2, -0.15) is 0 Å². The molecule has 0 bridgehead atoms. The number of para-hydroxylation sites is 1. The predicted octanol–water partition coefficient (Wildman–Crippen LogP) is 2.53. The largest absolute Gasteiger partial charge is 0.346 e. The van der Waals surface area contributed by atoms with Crippen LogP contribution in [0.25, 0.3) is 10.9 Å². The van der Waals surface area contributed by atoms with E-state index in [9.17, 15) is 8.42 Å². The van der Waals surface area contributed by atoms with E-state index in [-0.39, 0.29) is 0 Å². The van der Waals surface area contributed by atoms with Crippen LogP contribution in [0.4, 0.5) is 0 Å². The minimum Gasteiger partial charge on any atom is -0.346 e. The highest BCUT2D eigenvalue weighted by molar-refractivity contribution is 7.91. The summed E-state index contributed by atoms with van der Waals surface area (Å²) in [7, 11) is -1.25. The first-order chi connectivity index (χ1) is 7.96. The van der Waals surface area contributed by atoms with E-state index < -0.39 is 9.84 Å². The van der Waals surface area contributed by atoms with Gasteiger partial charge in [-0.15, -0.1) is 0 Å². The Kier molecular flexibility index (Phi) is 3.00. The summed E-state index contributed by atoms with van der Waals surface area (Å²) < 4.78 is 25.9. The number of fused-ring (bicyclic) bond motifs is 1. The molecule has 0 saturated carbocycles.